The lowest BCUT2D eigenvalue weighted by atomic mass is 10.1. The highest BCUT2D eigenvalue weighted by atomic mass is 32.1. The summed E-state index contributed by atoms with van der Waals surface area (Å²) >= 11 is 1.52. The molecule has 0 saturated carbocycles. The maximum atomic E-state index is 12.8. The second-order valence-electron chi connectivity index (χ2n) is 7.57. The van der Waals surface area contributed by atoms with E-state index in [1.54, 1.807) is 32.2 Å². The van der Waals surface area contributed by atoms with Crippen LogP contribution in [0.15, 0.2) is 35.7 Å². The summed E-state index contributed by atoms with van der Waals surface area (Å²) in [6.45, 7) is 7.11. The van der Waals surface area contributed by atoms with Crippen LogP contribution in [-0.4, -0.2) is 40.0 Å². The number of carbonyl (C=O) groups is 2. The van der Waals surface area contributed by atoms with Crippen LogP contribution in [-0.2, 0) is 4.74 Å². The van der Waals surface area contributed by atoms with Gasteiger partial charge in [0.25, 0.3) is 0 Å². The van der Waals surface area contributed by atoms with Crippen molar-refractivity contribution in [2.24, 2.45) is 0 Å². The number of pyridine rings is 1. The van der Waals surface area contributed by atoms with Gasteiger partial charge in [0.05, 0.1) is 29.6 Å². The van der Waals surface area contributed by atoms with E-state index in [4.69, 9.17) is 9.47 Å². The van der Waals surface area contributed by atoms with E-state index in [0.29, 0.717) is 22.6 Å². The van der Waals surface area contributed by atoms with Crippen LogP contribution in [0.3, 0.4) is 0 Å². The molecule has 0 aliphatic rings. The summed E-state index contributed by atoms with van der Waals surface area (Å²) in [6.07, 6.45) is 0. The van der Waals surface area contributed by atoms with Gasteiger partial charge in [-0.3, -0.25) is 14.3 Å². The zero-order valence-electron chi connectivity index (χ0n) is 18.6. The van der Waals surface area contributed by atoms with Crippen molar-refractivity contribution < 1.29 is 19.1 Å². The van der Waals surface area contributed by atoms with Crippen molar-refractivity contribution in [1.29, 1.82) is 0 Å². The monoisotopic (exact) mass is 449 g/mol. The van der Waals surface area contributed by atoms with E-state index < -0.39 is 5.97 Å². The second-order valence-corrected chi connectivity index (χ2v) is 8.41. The van der Waals surface area contributed by atoms with Gasteiger partial charge < -0.3 is 9.47 Å². The Morgan fingerprint density at radius 2 is 1.81 bits per heavy atom. The van der Waals surface area contributed by atoms with Crippen molar-refractivity contribution >= 4 is 34.0 Å². The molecule has 0 fully saturated rings. The highest BCUT2D eigenvalue weighted by Crippen LogP contribution is 2.25. The van der Waals surface area contributed by atoms with E-state index in [1.807, 2.05) is 42.9 Å². The number of aryl methyl sites for hydroxylation is 3. The predicted molar refractivity (Wildman–Crippen MR) is 123 cm³/mol. The lowest BCUT2D eigenvalue weighted by Crippen LogP contribution is -2.16. The topological polar surface area (TPSA) is 83.3 Å². The summed E-state index contributed by atoms with van der Waals surface area (Å²) in [6, 6.07) is 8.97. The number of carbonyl (C=O) groups excluding carboxylic acids is 2. The molecule has 0 amide bonds. The Kier molecular flexibility index (Phi) is 5.80. The standard InChI is InChI=1S/C24H23N3O4S/c1-13-12-32-24(25-13)27-14(2)8-20(16(27)4)22(28)11-31-23(29)19-10-17-9-18(30-5)6-7-21(17)26-15(19)3/h6-10,12H,11H2,1-5H3. The average molecular weight is 450 g/mol. The maximum absolute atomic E-state index is 12.8. The smallest absolute Gasteiger partial charge is 0.340 e. The molecule has 0 aliphatic heterocycles. The third-order valence-corrected chi connectivity index (χ3v) is 6.24. The van der Waals surface area contributed by atoms with Crippen LogP contribution >= 0.6 is 11.3 Å². The normalized spacial score (nSPS) is 11.0. The first kappa shape index (κ1) is 21.7. The molecular weight excluding hydrogens is 426 g/mol. The zero-order chi connectivity index (χ0) is 23.0. The molecule has 32 heavy (non-hydrogen) atoms. The third-order valence-electron chi connectivity index (χ3n) is 5.30. The van der Waals surface area contributed by atoms with Crippen LogP contribution in [0.25, 0.3) is 16.0 Å². The molecule has 0 bridgehead atoms. The van der Waals surface area contributed by atoms with Crippen LogP contribution in [0, 0.1) is 27.7 Å². The maximum Gasteiger partial charge on any atom is 0.340 e. The minimum atomic E-state index is -0.586. The Labute approximate surface area is 189 Å². The molecule has 4 aromatic rings. The van der Waals surface area contributed by atoms with Crippen molar-refractivity contribution in [2.75, 3.05) is 13.7 Å². The van der Waals surface area contributed by atoms with E-state index in [1.165, 1.54) is 11.3 Å². The number of ketones is 1. The summed E-state index contributed by atoms with van der Waals surface area (Å²) in [5.74, 6) is -0.181. The molecule has 3 aromatic heterocycles. The van der Waals surface area contributed by atoms with Crippen molar-refractivity contribution in [2.45, 2.75) is 27.7 Å². The Hall–Kier alpha value is -3.52. The molecule has 0 atom stereocenters. The molecule has 3 heterocycles. The fourth-order valence-electron chi connectivity index (χ4n) is 3.65. The van der Waals surface area contributed by atoms with Gasteiger partial charge in [0, 0.05) is 27.7 Å². The van der Waals surface area contributed by atoms with Crippen LogP contribution in [0.1, 0.15) is 43.5 Å². The fraction of sp³-hybridized carbons (Fsp3) is 0.250. The van der Waals surface area contributed by atoms with Gasteiger partial charge in [-0.25, -0.2) is 9.78 Å². The molecule has 7 nitrogen and oxygen atoms in total. The lowest BCUT2D eigenvalue weighted by Gasteiger charge is -2.09. The molecule has 8 heteroatoms. The van der Waals surface area contributed by atoms with Gasteiger partial charge in [-0.1, -0.05) is 0 Å². The van der Waals surface area contributed by atoms with Crippen LogP contribution < -0.4 is 4.74 Å². The van der Waals surface area contributed by atoms with Crippen LogP contribution in [0.4, 0.5) is 0 Å². The fourth-order valence-corrected chi connectivity index (χ4v) is 4.57. The number of methoxy groups -OCH3 is 1. The van der Waals surface area contributed by atoms with Gasteiger partial charge in [0.15, 0.2) is 11.7 Å². The highest BCUT2D eigenvalue weighted by molar-refractivity contribution is 7.12. The van der Waals surface area contributed by atoms with Crippen molar-refractivity contribution in [1.82, 2.24) is 14.5 Å². The van der Waals surface area contributed by atoms with E-state index >= 15 is 0 Å². The van der Waals surface area contributed by atoms with E-state index in [9.17, 15) is 9.59 Å². The van der Waals surface area contributed by atoms with Gasteiger partial charge in [0.1, 0.15) is 5.75 Å². The van der Waals surface area contributed by atoms with Gasteiger partial charge in [-0.05, 0) is 58.0 Å². The van der Waals surface area contributed by atoms with E-state index in [-0.39, 0.29) is 12.4 Å². The molecule has 0 saturated heterocycles. The number of hydrogen-bond acceptors (Lipinski definition) is 7. The summed E-state index contributed by atoms with van der Waals surface area (Å²) < 4.78 is 12.5. The minimum absolute atomic E-state index is 0.265. The molecule has 164 valence electrons. The summed E-state index contributed by atoms with van der Waals surface area (Å²) in [7, 11) is 1.58. The SMILES string of the molecule is COc1ccc2nc(C)c(C(=O)OCC(=O)c3cc(C)n(-c4nc(C)cs4)c3C)cc2c1. The van der Waals surface area contributed by atoms with Crippen molar-refractivity contribution in [3.05, 3.63) is 69.6 Å². The molecule has 0 N–H and O–H groups in total. The molecule has 0 aliphatic carbocycles. The largest absolute Gasteiger partial charge is 0.497 e. The predicted octanol–water partition coefficient (Wildman–Crippen LogP) is 4.76. The van der Waals surface area contributed by atoms with Gasteiger partial charge in [-0.15, -0.1) is 11.3 Å². The number of hydrogen-bond donors (Lipinski definition) is 0. The number of esters is 1. The van der Waals surface area contributed by atoms with Crippen molar-refractivity contribution in [3.63, 3.8) is 0 Å². The van der Waals surface area contributed by atoms with E-state index in [0.717, 1.165) is 33.1 Å². The summed E-state index contributed by atoms with van der Waals surface area (Å²) in [5.41, 5.74) is 4.72. The van der Waals surface area contributed by atoms with E-state index in [2.05, 4.69) is 9.97 Å². The van der Waals surface area contributed by atoms with Crippen LogP contribution in [0.5, 0.6) is 5.75 Å². The molecule has 0 unspecified atom stereocenters. The molecular formula is C24H23N3O4S. The number of nitrogens with zero attached hydrogens (tertiary/aromatic N) is 3. The number of fused-ring (bicyclic) bond motifs is 1. The van der Waals surface area contributed by atoms with Crippen molar-refractivity contribution in [3.8, 4) is 10.9 Å². The Morgan fingerprint density at radius 1 is 1.03 bits per heavy atom. The Bertz CT molecular complexity index is 1350. The number of Topliss-reactive ketones (excluding diaryl/α,β-unsaturated/α-hetero) is 1. The number of benzene rings is 1. The number of rotatable bonds is 6. The third kappa shape index (κ3) is 4.01. The molecule has 4 rings (SSSR count). The van der Waals surface area contributed by atoms with Gasteiger partial charge in [0.2, 0.25) is 5.78 Å². The first-order valence-electron chi connectivity index (χ1n) is 10.1. The Morgan fingerprint density at radius 3 is 2.50 bits per heavy atom. The first-order chi connectivity index (χ1) is 15.3. The lowest BCUT2D eigenvalue weighted by molar-refractivity contribution is 0.0473. The first-order valence-corrected chi connectivity index (χ1v) is 10.9. The highest BCUT2D eigenvalue weighted by Gasteiger charge is 2.21. The van der Waals surface area contributed by atoms with Crippen LogP contribution in [0.2, 0.25) is 0 Å². The second kappa shape index (κ2) is 8.55. The van der Waals surface area contributed by atoms with Gasteiger partial charge in [-0.2, -0.15) is 0 Å². The molecule has 0 spiro atoms. The molecule has 1 aromatic carbocycles. The average Bonchev–Trinajstić information content (AvgIpc) is 3.32. The number of aromatic nitrogens is 3. The minimum Gasteiger partial charge on any atom is -0.497 e. The zero-order valence-corrected chi connectivity index (χ0v) is 19.4. The summed E-state index contributed by atoms with van der Waals surface area (Å²) in [5, 5.41) is 3.53. The Balaban J connectivity index is 1.53. The number of thiazole rings is 1. The quantitative estimate of drug-likeness (QED) is 0.312. The van der Waals surface area contributed by atoms with Gasteiger partial charge >= 0.3 is 5.97 Å². The molecule has 0 radical (unpaired) electrons. The summed E-state index contributed by atoms with van der Waals surface area (Å²) in [4.78, 5) is 34.5. The number of ether oxygens (including phenoxy) is 2.